The second-order valence-corrected chi connectivity index (χ2v) is 6.11. The first-order chi connectivity index (χ1) is 9.69. The van der Waals surface area contributed by atoms with E-state index in [2.05, 4.69) is 0 Å². The van der Waals surface area contributed by atoms with Crippen molar-refractivity contribution in [2.24, 2.45) is 11.1 Å². The zero-order valence-corrected chi connectivity index (χ0v) is 11.8. The Labute approximate surface area is 119 Å². The smallest absolute Gasteiger partial charge is 0.239 e. The predicted octanol–water partition coefficient (Wildman–Crippen LogP) is 1.20. The summed E-state index contributed by atoms with van der Waals surface area (Å²) in [6.07, 6.45) is 2.74. The van der Waals surface area contributed by atoms with Crippen molar-refractivity contribution in [2.45, 2.75) is 25.3 Å². The number of nitrogens with zero attached hydrogens (tertiary/aromatic N) is 1. The van der Waals surface area contributed by atoms with Crippen molar-refractivity contribution in [3.63, 3.8) is 0 Å². The van der Waals surface area contributed by atoms with Crippen LogP contribution in [0.25, 0.3) is 0 Å². The number of hydrogen-bond donors (Lipinski definition) is 1. The molecule has 2 aliphatic rings. The van der Waals surface area contributed by atoms with E-state index in [0.29, 0.717) is 6.42 Å². The number of likely N-dealkylation sites (tertiary alicyclic amines) is 1. The number of ether oxygens (including phenoxy) is 1. The van der Waals surface area contributed by atoms with Crippen LogP contribution in [-0.2, 0) is 16.0 Å². The Balaban J connectivity index is 1.59. The van der Waals surface area contributed by atoms with Gasteiger partial charge in [0.25, 0.3) is 0 Å². The fraction of sp³-hybridized carbons (Fsp3) is 0.562. The molecule has 0 radical (unpaired) electrons. The first-order valence-corrected chi connectivity index (χ1v) is 7.35. The van der Waals surface area contributed by atoms with Gasteiger partial charge >= 0.3 is 0 Å². The van der Waals surface area contributed by atoms with Crippen LogP contribution in [0.2, 0.25) is 0 Å². The van der Waals surface area contributed by atoms with E-state index in [-0.39, 0.29) is 11.3 Å². The molecule has 2 N–H and O–H groups in total. The quantitative estimate of drug-likeness (QED) is 0.901. The minimum absolute atomic E-state index is 0.0811. The summed E-state index contributed by atoms with van der Waals surface area (Å²) in [4.78, 5) is 14.4. The summed E-state index contributed by atoms with van der Waals surface area (Å²) in [6, 6.07) is 9.53. The van der Waals surface area contributed by atoms with Gasteiger partial charge in [-0.1, -0.05) is 30.3 Å². The molecule has 1 aromatic rings. The number of benzene rings is 1. The van der Waals surface area contributed by atoms with E-state index in [4.69, 9.17) is 10.5 Å². The first-order valence-electron chi connectivity index (χ1n) is 7.35. The molecule has 2 aliphatic heterocycles. The van der Waals surface area contributed by atoms with Gasteiger partial charge in [0.15, 0.2) is 0 Å². The van der Waals surface area contributed by atoms with Crippen molar-refractivity contribution >= 4 is 5.91 Å². The molecule has 20 heavy (non-hydrogen) atoms. The van der Waals surface area contributed by atoms with Crippen molar-refractivity contribution in [1.29, 1.82) is 0 Å². The fourth-order valence-corrected chi connectivity index (χ4v) is 3.28. The summed E-state index contributed by atoms with van der Waals surface area (Å²) in [5.41, 5.74) is 7.42. The summed E-state index contributed by atoms with van der Waals surface area (Å²) in [6.45, 7) is 3.27. The van der Waals surface area contributed by atoms with Gasteiger partial charge in [0, 0.05) is 25.1 Å². The Morgan fingerprint density at radius 2 is 2.15 bits per heavy atom. The molecule has 1 aromatic carbocycles. The highest BCUT2D eigenvalue weighted by Gasteiger charge is 2.43. The van der Waals surface area contributed by atoms with Crippen LogP contribution >= 0.6 is 0 Å². The van der Waals surface area contributed by atoms with Gasteiger partial charge < -0.3 is 15.4 Å². The van der Waals surface area contributed by atoms with E-state index >= 15 is 0 Å². The summed E-state index contributed by atoms with van der Waals surface area (Å²) in [5.74, 6) is 0.0811. The second-order valence-electron chi connectivity index (χ2n) is 6.11. The lowest BCUT2D eigenvalue weighted by Crippen LogP contribution is -2.44. The van der Waals surface area contributed by atoms with E-state index in [1.165, 1.54) is 0 Å². The molecule has 2 fully saturated rings. The minimum atomic E-state index is -0.435. The minimum Gasteiger partial charge on any atom is -0.381 e. The van der Waals surface area contributed by atoms with Crippen molar-refractivity contribution in [2.75, 3.05) is 26.3 Å². The Morgan fingerprint density at radius 3 is 2.85 bits per heavy atom. The van der Waals surface area contributed by atoms with E-state index < -0.39 is 6.04 Å². The van der Waals surface area contributed by atoms with E-state index in [9.17, 15) is 4.79 Å². The zero-order chi connectivity index (χ0) is 14.0. The molecule has 0 aliphatic carbocycles. The third kappa shape index (κ3) is 2.72. The zero-order valence-electron chi connectivity index (χ0n) is 11.8. The average molecular weight is 274 g/mol. The molecule has 1 unspecified atom stereocenters. The molecule has 4 nitrogen and oxygen atoms in total. The van der Waals surface area contributed by atoms with Crippen molar-refractivity contribution in [3.05, 3.63) is 35.9 Å². The lowest BCUT2D eigenvalue weighted by molar-refractivity contribution is -0.131. The molecule has 4 heteroatoms. The number of nitrogens with two attached hydrogens (primary N) is 1. The van der Waals surface area contributed by atoms with Crippen LogP contribution in [0.4, 0.5) is 0 Å². The number of hydrogen-bond acceptors (Lipinski definition) is 3. The lowest BCUT2D eigenvalue weighted by Gasteiger charge is -2.24. The largest absolute Gasteiger partial charge is 0.381 e. The van der Waals surface area contributed by atoms with E-state index in [1.807, 2.05) is 35.2 Å². The molecular weight excluding hydrogens is 252 g/mol. The standard InChI is InChI=1S/C16H22N2O2/c17-14(10-13-4-2-1-3-5-13)15(19)18-8-6-16(11-18)7-9-20-12-16/h1-5,14H,6-12,17H2/t14-,16?/m0/s1. The van der Waals surface area contributed by atoms with Crippen molar-refractivity contribution in [3.8, 4) is 0 Å². The maximum Gasteiger partial charge on any atom is 0.239 e. The lowest BCUT2D eigenvalue weighted by atomic mass is 9.87. The van der Waals surface area contributed by atoms with E-state index in [0.717, 1.165) is 44.7 Å². The summed E-state index contributed by atoms with van der Waals surface area (Å²) in [7, 11) is 0. The Hall–Kier alpha value is -1.39. The van der Waals surface area contributed by atoms with Gasteiger partial charge in [-0.15, -0.1) is 0 Å². The van der Waals surface area contributed by atoms with Gasteiger partial charge in [0.05, 0.1) is 12.6 Å². The monoisotopic (exact) mass is 274 g/mol. The molecule has 108 valence electrons. The third-order valence-electron chi connectivity index (χ3n) is 4.55. The van der Waals surface area contributed by atoms with Crippen LogP contribution < -0.4 is 5.73 Å². The second kappa shape index (κ2) is 5.54. The molecule has 2 atom stereocenters. The fourth-order valence-electron chi connectivity index (χ4n) is 3.28. The SMILES string of the molecule is N[C@@H](Cc1ccccc1)C(=O)N1CCC2(CCOC2)C1. The van der Waals surface area contributed by atoms with Crippen LogP contribution in [0.5, 0.6) is 0 Å². The maximum absolute atomic E-state index is 12.4. The Bertz CT molecular complexity index is 469. The molecule has 0 aromatic heterocycles. The van der Waals surface area contributed by atoms with Crippen LogP contribution in [-0.4, -0.2) is 43.2 Å². The molecule has 1 spiro atoms. The van der Waals surface area contributed by atoms with Crippen LogP contribution in [0.3, 0.4) is 0 Å². The van der Waals surface area contributed by atoms with Crippen molar-refractivity contribution in [1.82, 2.24) is 4.90 Å². The summed E-state index contributed by atoms with van der Waals surface area (Å²) >= 11 is 0. The maximum atomic E-state index is 12.4. The highest BCUT2D eigenvalue weighted by atomic mass is 16.5. The first kappa shape index (κ1) is 13.6. The predicted molar refractivity (Wildman–Crippen MR) is 77.2 cm³/mol. The van der Waals surface area contributed by atoms with Gasteiger partial charge in [-0.05, 0) is 24.8 Å². The van der Waals surface area contributed by atoms with Gasteiger partial charge in [-0.3, -0.25) is 4.79 Å². The highest BCUT2D eigenvalue weighted by molar-refractivity contribution is 5.82. The summed E-state index contributed by atoms with van der Waals surface area (Å²) in [5, 5.41) is 0. The number of carbonyl (C=O) groups excluding carboxylic acids is 1. The van der Waals surface area contributed by atoms with E-state index in [1.54, 1.807) is 0 Å². The van der Waals surface area contributed by atoms with Gasteiger partial charge in [-0.2, -0.15) is 0 Å². The van der Waals surface area contributed by atoms with Gasteiger partial charge in [-0.25, -0.2) is 0 Å². The van der Waals surface area contributed by atoms with Crippen LogP contribution in [0.15, 0.2) is 30.3 Å². The number of amides is 1. The molecule has 0 saturated carbocycles. The third-order valence-corrected chi connectivity index (χ3v) is 4.55. The Morgan fingerprint density at radius 1 is 1.35 bits per heavy atom. The molecule has 2 saturated heterocycles. The summed E-state index contributed by atoms with van der Waals surface area (Å²) < 4.78 is 5.50. The Kier molecular flexibility index (Phi) is 3.76. The number of carbonyl (C=O) groups is 1. The molecule has 1 amide bonds. The molecule has 2 heterocycles. The van der Waals surface area contributed by atoms with Crippen molar-refractivity contribution < 1.29 is 9.53 Å². The average Bonchev–Trinajstić information content (AvgIpc) is 3.10. The molecule has 3 rings (SSSR count). The van der Waals surface area contributed by atoms with Crippen LogP contribution in [0.1, 0.15) is 18.4 Å². The molecular formula is C16H22N2O2. The van der Waals surface area contributed by atoms with Gasteiger partial charge in [0.1, 0.15) is 0 Å². The van der Waals surface area contributed by atoms with Crippen LogP contribution in [0, 0.1) is 5.41 Å². The molecule has 0 bridgehead atoms. The highest BCUT2D eigenvalue weighted by Crippen LogP contribution is 2.38. The van der Waals surface area contributed by atoms with Gasteiger partial charge in [0.2, 0.25) is 5.91 Å². The normalized spacial score (nSPS) is 27.1. The number of rotatable bonds is 3. The topological polar surface area (TPSA) is 55.6 Å².